The molecule has 3 heteroatoms. The minimum Gasteiger partial charge on any atom is -0.0622 e. The van der Waals surface area contributed by atoms with Crippen LogP contribution in [0.1, 0.15) is 53.4 Å². The van der Waals surface area contributed by atoms with Crippen LogP contribution >= 0.6 is 0 Å². The van der Waals surface area contributed by atoms with Crippen molar-refractivity contribution in [3.05, 3.63) is 111 Å². The average Bonchev–Trinajstić information content (AvgIpc) is 3.48. The summed E-state index contributed by atoms with van der Waals surface area (Å²) in [6, 6.07) is 33.0. The molecule has 0 saturated heterocycles. The van der Waals surface area contributed by atoms with Crippen LogP contribution in [0.3, 0.4) is 0 Å². The van der Waals surface area contributed by atoms with Crippen molar-refractivity contribution in [3.8, 4) is 11.1 Å². The molecule has 0 aliphatic heterocycles. The number of benzene rings is 3. The van der Waals surface area contributed by atoms with E-state index < -0.39 is 19.7 Å². The van der Waals surface area contributed by atoms with Gasteiger partial charge in [-0.2, -0.15) is 0 Å². The Bertz CT molecular complexity index is 1140. The summed E-state index contributed by atoms with van der Waals surface area (Å²) < 4.78 is 8.98. The molecule has 36 heavy (non-hydrogen) atoms. The van der Waals surface area contributed by atoms with Gasteiger partial charge in [-0.1, -0.05) is 60.7 Å². The Balaban J connectivity index is 0.000000211. The van der Waals surface area contributed by atoms with Crippen LogP contribution in [0, 0.1) is 5.92 Å². The van der Waals surface area contributed by atoms with Crippen LogP contribution in [-0.4, -0.2) is 12.7 Å². The molecule has 0 amide bonds. The summed E-state index contributed by atoms with van der Waals surface area (Å²) in [6.07, 6.45) is 5.66. The number of rotatable bonds is 6. The van der Waals surface area contributed by atoms with Gasteiger partial charge in [0.2, 0.25) is 0 Å². The van der Waals surface area contributed by atoms with E-state index >= 15 is 0 Å². The summed E-state index contributed by atoms with van der Waals surface area (Å²) in [7, 11) is 0. The van der Waals surface area contributed by atoms with E-state index in [2.05, 4.69) is 114 Å². The molecule has 1 N–H and O–H groups in total. The fourth-order valence-electron chi connectivity index (χ4n) is 6.27. The van der Waals surface area contributed by atoms with E-state index in [0.717, 1.165) is 6.04 Å². The van der Waals surface area contributed by atoms with Crippen LogP contribution in [0.15, 0.2) is 111 Å². The van der Waals surface area contributed by atoms with Gasteiger partial charge in [0.1, 0.15) is 0 Å². The second-order valence-corrected chi connectivity index (χ2v) is 31.6. The summed E-state index contributed by atoms with van der Waals surface area (Å²) in [5.41, 5.74) is 7.40. The van der Waals surface area contributed by atoms with Crippen molar-refractivity contribution in [1.82, 2.24) is 3.26 Å². The topological polar surface area (TPSA) is 12.0 Å². The molecule has 1 nitrogen and oxygen atoms in total. The molecule has 0 aromatic heterocycles. The first-order valence-corrected chi connectivity index (χ1v) is 25.2. The van der Waals surface area contributed by atoms with E-state index in [-0.39, 0.29) is 6.65 Å². The third-order valence-corrected chi connectivity index (χ3v) is 29.1. The van der Waals surface area contributed by atoms with Gasteiger partial charge in [0.25, 0.3) is 0 Å². The molecule has 1 fully saturated rings. The molecule has 3 aromatic carbocycles. The average molecular weight is 573 g/mol. The van der Waals surface area contributed by atoms with Gasteiger partial charge < -0.3 is 0 Å². The molecule has 0 heterocycles. The summed E-state index contributed by atoms with van der Waals surface area (Å²) in [5.74, 6) is 0.677. The summed E-state index contributed by atoms with van der Waals surface area (Å²) in [6.45, 7) is 9.33. The zero-order valence-corrected chi connectivity index (χ0v) is 26.7. The van der Waals surface area contributed by atoms with Gasteiger partial charge in [0.05, 0.1) is 0 Å². The van der Waals surface area contributed by atoms with E-state index in [1.165, 1.54) is 36.8 Å². The fourth-order valence-corrected chi connectivity index (χ4v) is 31.6. The molecule has 2 aliphatic carbocycles. The number of hydrogen-bond donors (Lipinski definition) is 1. The normalized spacial score (nSPS) is 20.1. The molecular weight excluding hydrogens is 530 g/mol. The molecule has 0 radical (unpaired) electrons. The minimum absolute atomic E-state index is 0.252. The Kier molecular flexibility index (Phi) is 9.56. The maximum Gasteiger partial charge on any atom is -0.0184 e. The smallest absolute Gasteiger partial charge is 0.0184 e. The number of allylic oxidation sites excluding steroid dienone is 4. The van der Waals surface area contributed by atoms with Gasteiger partial charge in [-0.15, -0.1) is 0 Å². The monoisotopic (exact) mass is 571 g/mol. The molecule has 2 atom stereocenters. The van der Waals surface area contributed by atoms with E-state index in [9.17, 15) is 0 Å². The van der Waals surface area contributed by atoms with E-state index in [0.29, 0.717) is 5.92 Å². The van der Waals surface area contributed by atoms with Crippen LogP contribution in [0.4, 0.5) is 0 Å². The molecule has 5 rings (SSSR count). The van der Waals surface area contributed by atoms with Gasteiger partial charge in [-0.3, -0.25) is 0 Å². The van der Waals surface area contributed by atoms with Crippen molar-refractivity contribution in [2.45, 2.75) is 64.1 Å². The second kappa shape index (κ2) is 12.6. The minimum atomic E-state index is -2.52. The van der Waals surface area contributed by atoms with Crippen LogP contribution in [-0.2, 0) is 19.7 Å². The largest absolute Gasteiger partial charge is 0.0622 e. The molecule has 2 aliphatic rings. The van der Waals surface area contributed by atoms with E-state index in [1.807, 2.05) is 15.4 Å². The fraction of sp³-hybridized carbons (Fsp3) is 0.333. The SMILES string of the molecule is CC1=C(C)C(C)[C]([Zr]([CH3])([NH]C2CCCC2)[SiH2]c2ccccc2)=C1C.c1ccc(-c2ccccc2)cc1. The maximum atomic E-state index is 4.37. The van der Waals surface area contributed by atoms with Gasteiger partial charge >= 0.3 is 155 Å². The summed E-state index contributed by atoms with van der Waals surface area (Å²) in [5, 5.41) is 1.66. The first-order chi connectivity index (χ1) is 17.4. The quantitative estimate of drug-likeness (QED) is 0.299. The van der Waals surface area contributed by atoms with Crippen LogP contribution in [0.25, 0.3) is 11.1 Å². The predicted molar refractivity (Wildman–Crippen MR) is 158 cm³/mol. The zero-order valence-electron chi connectivity index (χ0n) is 22.9. The Labute approximate surface area is 225 Å². The maximum absolute atomic E-state index is 4.37. The number of hydrogen-bond acceptors (Lipinski definition) is 1. The van der Waals surface area contributed by atoms with Crippen molar-refractivity contribution >= 4 is 11.8 Å². The first kappa shape index (κ1) is 27.2. The molecule has 2 unspecified atom stereocenters. The molecule has 188 valence electrons. The van der Waals surface area contributed by atoms with E-state index in [4.69, 9.17) is 0 Å². The Morgan fingerprint density at radius 2 is 1.17 bits per heavy atom. The van der Waals surface area contributed by atoms with Crippen molar-refractivity contribution in [2.24, 2.45) is 5.92 Å². The predicted octanol–water partition coefficient (Wildman–Crippen LogP) is 7.66. The standard InChI is InChI=1S/C12H10.C9H13.C6H7Si.C5H10N.CH3.Zr/c1-3-7-11(8-4-1)12-9-5-2-6-10-12;1-6-5-7(2)9(4)8(6)3;7-6-4-2-1-3-5-6;6-5-3-1-2-4-5;;/h1-10H;6H,1-4H3;1-5H,7H2;5-6H,1-4H2;1H3;/q;;;-1;;+1. The molecule has 1 saturated carbocycles. The van der Waals surface area contributed by atoms with Crippen molar-refractivity contribution in [1.29, 1.82) is 0 Å². The first-order valence-electron chi connectivity index (χ1n) is 13.7. The van der Waals surface area contributed by atoms with Crippen molar-refractivity contribution in [2.75, 3.05) is 0 Å². The Morgan fingerprint density at radius 1 is 0.694 bits per heavy atom. The zero-order chi connectivity index (χ0) is 25.5. The third-order valence-electron chi connectivity index (χ3n) is 8.39. The summed E-state index contributed by atoms with van der Waals surface area (Å²) >= 11 is -2.52. The van der Waals surface area contributed by atoms with Gasteiger partial charge in [-0.25, -0.2) is 0 Å². The van der Waals surface area contributed by atoms with Gasteiger partial charge in [0.15, 0.2) is 0 Å². The molecule has 3 aromatic rings. The van der Waals surface area contributed by atoms with E-state index in [1.54, 1.807) is 21.9 Å². The van der Waals surface area contributed by atoms with Crippen LogP contribution in [0.5, 0.6) is 0 Å². The molecule has 0 spiro atoms. The second-order valence-electron chi connectivity index (χ2n) is 10.9. The molecular formula is C33H43NSiZr. The number of nitrogens with one attached hydrogen (secondary N) is 1. The molecule has 0 bridgehead atoms. The van der Waals surface area contributed by atoms with Crippen molar-refractivity contribution in [3.63, 3.8) is 0 Å². The third kappa shape index (κ3) is 6.55. The van der Waals surface area contributed by atoms with Crippen LogP contribution < -0.4 is 8.45 Å². The van der Waals surface area contributed by atoms with Crippen molar-refractivity contribution < 1.29 is 19.7 Å². The van der Waals surface area contributed by atoms with Crippen LogP contribution in [0.2, 0.25) is 4.63 Å². The van der Waals surface area contributed by atoms with Gasteiger partial charge in [-0.05, 0) is 11.1 Å². The Morgan fingerprint density at radius 3 is 1.61 bits per heavy atom. The summed E-state index contributed by atoms with van der Waals surface area (Å²) in [4.78, 5) is 0. The van der Waals surface area contributed by atoms with Gasteiger partial charge in [0, 0.05) is 0 Å². The Hall–Kier alpha value is -1.80.